The molecule has 1 aromatic rings. The van der Waals surface area contributed by atoms with Crippen LogP contribution in [0.15, 0.2) is 0 Å². The molecule has 2 amide bonds. The van der Waals surface area contributed by atoms with Crippen LogP contribution in [0.1, 0.15) is 56.7 Å². The van der Waals surface area contributed by atoms with Gasteiger partial charge in [0.2, 0.25) is 11.8 Å². The van der Waals surface area contributed by atoms with E-state index in [9.17, 15) is 9.59 Å². The predicted molar refractivity (Wildman–Crippen MR) is 89.5 cm³/mol. The molecule has 136 valence electrons. The molecule has 1 aromatic heterocycles. The number of amides is 2. The van der Waals surface area contributed by atoms with Gasteiger partial charge in [0, 0.05) is 38.6 Å². The van der Waals surface area contributed by atoms with Crippen molar-refractivity contribution in [2.75, 3.05) is 26.2 Å². The summed E-state index contributed by atoms with van der Waals surface area (Å²) in [5.41, 5.74) is 0. The number of carbonyl (C=O) groups is 2. The molecule has 8 nitrogen and oxygen atoms in total. The Bertz CT molecular complexity index is 641. The first-order chi connectivity index (χ1) is 12.2. The first-order valence-corrected chi connectivity index (χ1v) is 9.57. The molecule has 8 heteroatoms. The van der Waals surface area contributed by atoms with Crippen LogP contribution in [0.3, 0.4) is 0 Å². The lowest BCUT2D eigenvalue weighted by atomic mass is 9.84. The molecule has 1 saturated carbocycles. The van der Waals surface area contributed by atoms with Crippen LogP contribution in [0.4, 0.5) is 0 Å². The van der Waals surface area contributed by atoms with Crippen LogP contribution in [0.25, 0.3) is 0 Å². The lowest BCUT2D eigenvalue weighted by molar-refractivity contribution is -0.139. The van der Waals surface area contributed by atoms with Crippen LogP contribution in [-0.4, -0.2) is 68.0 Å². The number of tetrazole rings is 1. The Kier molecular flexibility index (Phi) is 4.67. The fourth-order valence-electron chi connectivity index (χ4n) is 4.09. The first-order valence-electron chi connectivity index (χ1n) is 9.57. The molecule has 2 fully saturated rings. The Morgan fingerprint density at radius 1 is 0.800 bits per heavy atom. The first kappa shape index (κ1) is 16.5. The van der Waals surface area contributed by atoms with Crippen molar-refractivity contribution in [2.45, 2.75) is 57.4 Å². The number of hydrogen-bond donors (Lipinski definition) is 0. The van der Waals surface area contributed by atoms with Gasteiger partial charge in [-0.2, -0.15) is 0 Å². The number of carbonyl (C=O) groups excluding carboxylic acids is 2. The van der Waals surface area contributed by atoms with Crippen LogP contribution in [0.2, 0.25) is 0 Å². The highest BCUT2D eigenvalue weighted by molar-refractivity contribution is 5.83. The van der Waals surface area contributed by atoms with Gasteiger partial charge in [-0.3, -0.25) is 9.59 Å². The van der Waals surface area contributed by atoms with Crippen molar-refractivity contribution in [1.82, 2.24) is 30.0 Å². The summed E-state index contributed by atoms with van der Waals surface area (Å²) in [7, 11) is 0. The van der Waals surface area contributed by atoms with E-state index < -0.39 is 0 Å². The zero-order valence-corrected chi connectivity index (χ0v) is 14.6. The van der Waals surface area contributed by atoms with Gasteiger partial charge in [0.15, 0.2) is 5.82 Å². The van der Waals surface area contributed by atoms with Crippen molar-refractivity contribution in [3.63, 3.8) is 0 Å². The predicted octanol–water partition coefficient (Wildman–Crippen LogP) is 0.802. The maximum atomic E-state index is 13.1. The molecule has 1 atom stereocenters. The van der Waals surface area contributed by atoms with Gasteiger partial charge >= 0.3 is 0 Å². The van der Waals surface area contributed by atoms with Crippen LogP contribution in [0, 0.1) is 5.92 Å². The summed E-state index contributed by atoms with van der Waals surface area (Å²) in [6.07, 6.45) is 6.89. The van der Waals surface area contributed by atoms with Crippen LogP contribution in [0.5, 0.6) is 0 Å². The molecule has 1 aliphatic carbocycles. The van der Waals surface area contributed by atoms with Crippen molar-refractivity contribution in [3.8, 4) is 0 Å². The molecular weight excluding hydrogens is 320 g/mol. The Balaban J connectivity index is 1.42. The molecule has 0 spiro atoms. The molecule has 4 rings (SSSR count). The van der Waals surface area contributed by atoms with Gasteiger partial charge in [0.05, 0.1) is 5.92 Å². The maximum Gasteiger partial charge on any atom is 0.233 e. The van der Waals surface area contributed by atoms with Crippen LogP contribution in [-0.2, 0) is 16.1 Å². The van der Waals surface area contributed by atoms with E-state index >= 15 is 0 Å². The summed E-state index contributed by atoms with van der Waals surface area (Å²) >= 11 is 0. The second kappa shape index (κ2) is 7.09. The average Bonchev–Trinajstić information content (AvgIpc) is 2.79. The van der Waals surface area contributed by atoms with E-state index in [1.54, 1.807) is 4.68 Å². The fraction of sp³-hybridized carbons (Fsp3) is 0.824. The molecule has 0 radical (unpaired) electrons. The lowest BCUT2D eigenvalue weighted by Crippen LogP contribution is -2.42. The van der Waals surface area contributed by atoms with E-state index in [1.165, 1.54) is 6.42 Å². The van der Waals surface area contributed by atoms with Gasteiger partial charge in [0.1, 0.15) is 0 Å². The third-order valence-electron chi connectivity index (χ3n) is 5.86. The van der Waals surface area contributed by atoms with Gasteiger partial charge in [-0.15, -0.1) is 5.10 Å². The second-order valence-corrected chi connectivity index (χ2v) is 7.44. The van der Waals surface area contributed by atoms with Gasteiger partial charge in [0.25, 0.3) is 0 Å². The third-order valence-corrected chi connectivity index (χ3v) is 5.86. The topological polar surface area (TPSA) is 84.2 Å². The quantitative estimate of drug-likeness (QED) is 0.791. The molecule has 3 aliphatic rings. The van der Waals surface area contributed by atoms with E-state index in [2.05, 4.69) is 15.5 Å². The number of aryl methyl sites for hydroxylation is 1. The van der Waals surface area contributed by atoms with Crippen LogP contribution < -0.4 is 0 Å². The number of nitrogens with zero attached hydrogens (tertiary/aromatic N) is 6. The van der Waals surface area contributed by atoms with Crippen molar-refractivity contribution in [3.05, 3.63) is 5.82 Å². The largest absolute Gasteiger partial charge is 0.341 e. The standard InChI is InChI=1S/C17H26N6O2/c24-16(13-5-3-6-13)21-8-4-9-22(12-11-21)17(25)14-7-1-2-10-23-15(14)18-19-20-23/h13-14H,1-12H2/t14-/m0/s1. The van der Waals surface area contributed by atoms with E-state index in [4.69, 9.17) is 0 Å². The Labute approximate surface area is 147 Å². The average molecular weight is 346 g/mol. The highest BCUT2D eigenvalue weighted by Crippen LogP contribution is 2.29. The summed E-state index contributed by atoms with van der Waals surface area (Å²) in [6, 6.07) is 0. The van der Waals surface area contributed by atoms with Crippen molar-refractivity contribution in [1.29, 1.82) is 0 Å². The van der Waals surface area contributed by atoms with Gasteiger partial charge in [-0.1, -0.05) is 12.8 Å². The second-order valence-electron chi connectivity index (χ2n) is 7.44. The van der Waals surface area contributed by atoms with E-state index in [0.29, 0.717) is 31.4 Å². The monoisotopic (exact) mass is 346 g/mol. The molecule has 0 aromatic carbocycles. The summed E-state index contributed by atoms with van der Waals surface area (Å²) in [5, 5.41) is 11.9. The van der Waals surface area contributed by atoms with Gasteiger partial charge in [-0.25, -0.2) is 4.68 Å². The summed E-state index contributed by atoms with van der Waals surface area (Å²) in [4.78, 5) is 29.5. The number of hydrogen-bond acceptors (Lipinski definition) is 5. The minimum Gasteiger partial charge on any atom is -0.341 e. The van der Waals surface area contributed by atoms with Crippen molar-refractivity contribution in [2.24, 2.45) is 5.92 Å². The SMILES string of the molecule is O=C(C1CCC1)N1CCCN(C(=O)[C@H]2CCCCn3nnnc32)CC1. The molecule has 0 bridgehead atoms. The molecule has 2 aliphatic heterocycles. The van der Waals surface area contributed by atoms with E-state index in [1.807, 2.05) is 9.80 Å². The fourth-order valence-corrected chi connectivity index (χ4v) is 4.09. The molecule has 0 unspecified atom stereocenters. The molecule has 1 saturated heterocycles. The number of aromatic nitrogens is 4. The summed E-state index contributed by atoms with van der Waals surface area (Å²) in [6.45, 7) is 3.54. The zero-order valence-electron chi connectivity index (χ0n) is 14.6. The van der Waals surface area contributed by atoms with Gasteiger partial charge < -0.3 is 9.80 Å². The summed E-state index contributed by atoms with van der Waals surface area (Å²) in [5.74, 6) is 1.10. The van der Waals surface area contributed by atoms with Gasteiger partial charge in [-0.05, 0) is 42.5 Å². The van der Waals surface area contributed by atoms with Crippen molar-refractivity contribution >= 4 is 11.8 Å². The minimum absolute atomic E-state index is 0.121. The molecule has 25 heavy (non-hydrogen) atoms. The lowest BCUT2D eigenvalue weighted by Gasteiger charge is -2.31. The highest BCUT2D eigenvalue weighted by Gasteiger charge is 2.34. The Hall–Kier alpha value is -1.99. The van der Waals surface area contributed by atoms with E-state index in [-0.39, 0.29) is 17.7 Å². The summed E-state index contributed by atoms with van der Waals surface area (Å²) < 4.78 is 1.78. The van der Waals surface area contributed by atoms with Crippen LogP contribution >= 0.6 is 0 Å². The molecular formula is C17H26N6O2. The maximum absolute atomic E-state index is 13.1. The smallest absolute Gasteiger partial charge is 0.233 e. The minimum atomic E-state index is -0.244. The Morgan fingerprint density at radius 3 is 2.28 bits per heavy atom. The third kappa shape index (κ3) is 3.26. The highest BCUT2D eigenvalue weighted by atomic mass is 16.2. The molecule has 3 heterocycles. The number of rotatable bonds is 2. The normalized spacial score (nSPS) is 24.9. The molecule has 0 N–H and O–H groups in total. The van der Waals surface area contributed by atoms with Crippen molar-refractivity contribution < 1.29 is 9.59 Å². The zero-order chi connectivity index (χ0) is 17.2. The Morgan fingerprint density at radius 2 is 1.56 bits per heavy atom. The van der Waals surface area contributed by atoms with E-state index in [0.717, 1.165) is 51.6 Å². The number of fused-ring (bicyclic) bond motifs is 1.